The van der Waals surface area contributed by atoms with Crippen LogP contribution in [0.25, 0.3) is 0 Å². The lowest BCUT2D eigenvalue weighted by Gasteiger charge is -2.13. The average molecular weight is 354 g/mol. The molecule has 5 nitrogen and oxygen atoms in total. The first-order valence-electron chi connectivity index (χ1n) is 6.75. The molecule has 0 radical (unpaired) electrons. The summed E-state index contributed by atoms with van der Waals surface area (Å²) in [6.07, 6.45) is 0. The van der Waals surface area contributed by atoms with Gasteiger partial charge in [0, 0.05) is 14.1 Å². The van der Waals surface area contributed by atoms with Crippen LogP contribution in [-0.2, 0) is 21.4 Å². The van der Waals surface area contributed by atoms with Crippen LogP contribution in [0.3, 0.4) is 0 Å². The Morgan fingerprint density at radius 3 is 2.39 bits per heavy atom. The second kappa shape index (κ2) is 7.12. The molecule has 0 unspecified atom stereocenters. The number of hydrogen-bond acceptors (Lipinski definition) is 4. The smallest absolute Gasteiger partial charge is 0.338 e. The first kappa shape index (κ1) is 17.5. The average Bonchev–Trinajstić information content (AvgIpc) is 2.53. The van der Waals surface area contributed by atoms with Crippen molar-refractivity contribution < 1.29 is 17.9 Å². The number of rotatable bonds is 5. The maximum Gasteiger partial charge on any atom is 0.338 e. The molecule has 0 saturated carbocycles. The van der Waals surface area contributed by atoms with Crippen LogP contribution in [0.1, 0.15) is 15.9 Å². The van der Waals surface area contributed by atoms with Crippen molar-refractivity contribution in [3.8, 4) is 0 Å². The normalized spacial score (nSPS) is 11.5. The van der Waals surface area contributed by atoms with Gasteiger partial charge in [0.15, 0.2) is 0 Å². The second-order valence-electron chi connectivity index (χ2n) is 4.99. The SMILES string of the molecule is CN(C)S(=O)(=O)c1cc(C(=O)OCc2ccccc2)ccc1Cl. The van der Waals surface area contributed by atoms with Crippen molar-refractivity contribution in [2.75, 3.05) is 14.1 Å². The van der Waals surface area contributed by atoms with Crippen molar-refractivity contribution in [3.63, 3.8) is 0 Å². The van der Waals surface area contributed by atoms with E-state index < -0.39 is 16.0 Å². The summed E-state index contributed by atoms with van der Waals surface area (Å²) in [7, 11) is -0.947. The highest BCUT2D eigenvalue weighted by atomic mass is 35.5. The molecule has 2 aromatic carbocycles. The van der Waals surface area contributed by atoms with Crippen LogP contribution in [0.5, 0.6) is 0 Å². The molecule has 7 heteroatoms. The number of sulfonamides is 1. The molecule has 0 aliphatic rings. The Kier molecular flexibility index (Phi) is 5.41. The summed E-state index contributed by atoms with van der Waals surface area (Å²) in [5.41, 5.74) is 0.974. The van der Waals surface area contributed by atoms with E-state index in [9.17, 15) is 13.2 Å². The van der Waals surface area contributed by atoms with Gasteiger partial charge in [-0.2, -0.15) is 0 Å². The standard InChI is InChI=1S/C16H16ClNO4S/c1-18(2)23(20,21)15-10-13(8-9-14(15)17)16(19)22-11-12-6-4-3-5-7-12/h3-10H,11H2,1-2H3. The highest BCUT2D eigenvalue weighted by molar-refractivity contribution is 7.89. The summed E-state index contributed by atoms with van der Waals surface area (Å²) in [5.74, 6) is -0.610. The van der Waals surface area contributed by atoms with Gasteiger partial charge in [0.05, 0.1) is 10.6 Å². The van der Waals surface area contributed by atoms with Crippen molar-refractivity contribution in [1.29, 1.82) is 0 Å². The Balaban J connectivity index is 2.22. The van der Waals surface area contributed by atoms with Crippen LogP contribution in [-0.4, -0.2) is 32.8 Å². The van der Waals surface area contributed by atoms with Gasteiger partial charge in [0.1, 0.15) is 11.5 Å². The molecule has 0 atom stereocenters. The number of nitrogens with zero attached hydrogens (tertiary/aromatic N) is 1. The first-order chi connectivity index (χ1) is 10.8. The molecule has 0 aromatic heterocycles. The molecule has 0 spiro atoms. The molecule has 0 fully saturated rings. The van der Waals surface area contributed by atoms with Crippen molar-refractivity contribution in [1.82, 2.24) is 4.31 Å². The molecule has 0 heterocycles. The molecule has 0 N–H and O–H groups in total. The third-order valence-corrected chi connectivity index (χ3v) is 5.43. The summed E-state index contributed by atoms with van der Waals surface area (Å²) < 4.78 is 30.6. The van der Waals surface area contributed by atoms with E-state index in [2.05, 4.69) is 0 Å². The first-order valence-corrected chi connectivity index (χ1v) is 8.57. The quantitative estimate of drug-likeness (QED) is 0.775. The van der Waals surface area contributed by atoms with E-state index >= 15 is 0 Å². The zero-order chi connectivity index (χ0) is 17.0. The monoisotopic (exact) mass is 353 g/mol. The Bertz CT molecular complexity index is 804. The van der Waals surface area contributed by atoms with Crippen LogP contribution in [0.2, 0.25) is 5.02 Å². The Morgan fingerprint density at radius 2 is 1.78 bits per heavy atom. The van der Waals surface area contributed by atoms with E-state index in [0.29, 0.717) is 0 Å². The van der Waals surface area contributed by atoms with Gasteiger partial charge in [-0.1, -0.05) is 41.9 Å². The van der Waals surface area contributed by atoms with Crippen LogP contribution >= 0.6 is 11.6 Å². The lowest BCUT2D eigenvalue weighted by atomic mass is 10.2. The van der Waals surface area contributed by atoms with Crippen LogP contribution in [0, 0.1) is 0 Å². The van der Waals surface area contributed by atoms with Crippen LogP contribution in [0.15, 0.2) is 53.4 Å². The Labute approximate surface area is 140 Å². The number of carbonyl (C=O) groups excluding carboxylic acids is 1. The van der Waals surface area contributed by atoms with Crippen LogP contribution in [0.4, 0.5) is 0 Å². The van der Waals surface area contributed by atoms with Gasteiger partial charge in [0.25, 0.3) is 0 Å². The number of ether oxygens (including phenoxy) is 1. The summed E-state index contributed by atoms with van der Waals surface area (Å²) in [4.78, 5) is 12.0. The number of hydrogen-bond donors (Lipinski definition) is 0. The van der Waals surface area contributed by atoms with Gasteiger partial charge in [-0.15, -0.1) is 0 Å². The summed E-state index contributed by atoms with van der Waals surface area (Å²) in [6.45, 7) is 0.109. The van der Waals surface area contributed by atoms with Crippen LogP contribution < -0.4 is 0 Å². The van der Waals surface area contributed by atoms with Gasteiger partial charge < -0.3 is 4.74 Å². The Hall–Kier alpha value is -1.89. The van der Waals surface area contributed by atoms with Gasteiger partial charge in [-0.25, -0.2) is 17.5 Å². The zero-order valence-electron chi connectivity index (χ0n) is 12.7. The van der Waals surface area contributed by atoms with Gasteiger partial charge >= 0.3 is 5.97 Å². The number of esters is 1. The molecule has 2 rings (SSSR count). The highest BCUT2D eigenvalue weighted by Gasteiger charge is 2.22. The summed E-state index contributed by atoms with van der Waals surface area (Å²) >= 11 is 5.94. The van der Waals surface area contributed by atoms with E-state index in [1.165, 1.54) is 32.3 Å². The van der Waals surface area contributed by atoms with Gasteiger partial charge in [-0.05, 0) is 23.8 Å². The molecule has 122 valence electrons. The fraction of sp³-hybridized carbons (Fsp3) is 0.188. The Morgan fingerprint density at radius 1 is 1.13 bits per heavy atom. The lowest BCUT2D eigenvalue weighted by molar-refractivity contribution is 0.0472. The fourth-order valence-corrected chi connectivity index (χ4v) is 3.22. The van der Waals surface area contributed by atoms with Gasteiger partial charge in [0.2, 0.25) is 10.0 Å². The minimum Gasteiger partial charge on any atom is -0.457 e. The molecule has 0 aliphatic carbocycles. The fourth-order valence-electron chi connectivity index (χ4n) is 1.83. The number of carbonyl (C=O) groups is 1. The minimum atomic E-state index is -3.74. The molecule has 0 bridgehead atoms. The van der Waals surface area contributed by atoms with E-state index in [1.54, 1.807) is 0 Å². The second-order valence-corrected chi connectivity index (χ2v) is 7.52. The molecular weight excluding hydrogens is 338 g/mol. The van der Waals surface area contributed by atoms with E-state index in [0.717, 1.165) is 9.87 Å². The summed E-state index contributed by atoms with van der Waals surface area (Å²) in [6, 6.07) is 13.2. The largest absolute Gasteiger partial charge is 0.457 e. The van der Waals surface area contributed by atoms with Gasteiger partial charge in [-0.3, -0.25) is 0 Å². The molecule has 0 saturated heterocycles. The van der Waals surface area contributed by atoms with Crippen molar-refractivity contribution in [2.24, 2.45) is 0 Å². The zero-order valence-corrected chi connectivity index (χ0v) is 14.3. The van der Waals surface area contributed by atoms with Crippen molar-refractivity contribution in [3.05, 3.63) is 64.7 Å². The van der Waals surface area contributed by atoms with E-state index in [1.807, 2.05) is 30.3 Å². The maximum atomic E-state index is 12.2. The van der Waals surface area contributed by atoms with Crippen molar-refractivity contribution in [2.45, 2.75) is 11.5 Å². The predicted octanol–water partition coefficient (Wildman–Crippen LogP) is 2.95. The predicted molar refractivity (Wildman–Crippen MR) is 87.9 cm³/mol. The highest BCUT2D eigenvalue weighted by Crippen LogP contribution is 2.25. The third-order valence-electron chi connectivity index (χ3n) is 3.14. The number of benzene rings is 2. The molecule has 0 amide bonds. The van der Waals surface area contributed by atoms with Crippen molar-refractivity contribution >= 4 is 27.6 Å². The maximum absolute atomic E-state index is 12.2. The molecule has 2 aromatic rings. The summed E-state index contributed by atoms with van der Waals surface area (Å²) in [5, 5.41) is 0.0540. The number of halogens is 1. The molecule has 23 heavy (non-hydrogen) atoms. The minimum absolute atomic E-state index is 0.0540. The van der Waals surface area contributed by atoms with E-state index in [-0.39, 0.29) is 22.1 Å². The third kappa shape index (κ3) is 4.10. The molecular formula is C16H16ClNO4S. The van der Waals surface area contributed by atoms with E-state index in [4.69, 9.17) is 16.3 Å². The molecule has 0 aliphatic heterocycles. The topological polar surface area (TPSA) is 63.7 Å². The lowest BCUT2D eigenvalue weighted by Crippen LogP contribution is -2.23.